The molecule has 0 saturated heterocycles. The average Bonchev–Trinajstić information content (AvgIpc) is 2.34. The fourth-order valence-corrected chi connectivity index (χ4v) is 2.00. The molecule has 88 valence electrons. The minimum absolute atomic E-state index is 0.0159. The van der Waals surface area contributed by atoms with Gasteiger partial charge >= 0.3 is 0 Å². The van der Waals surface area contributed by atoms with Crippen LogP contribution in [-0.2, 0) is 5.75 Å². The topological polar surface area (TPSA) is 91.7 Å². The van der Waals surface area contributed by atoms with E-state index in [4.69, 9.17) is 16.0 Å². The van der Waals surface area contributed by atoms with Gasteiger partial charge in [-0.15, -0.1) is 0 Å². The lowest BCUT2D eigenvalue weighted by molar-refractivity contribution is 0.296. The number of oxime groups is 1. The Morgan fingerprint density at radius 1 is 1.56 bits per heavy atom. The lowest BCUT2D eigenvalue weighted by Gasteiger charge is -2.03. The Bertz CT molecular complexity index is 358. The molecule has 5 nitrogen and oxygen atoms in total. The zero-order valence-corrected chi connectivity index (χ0v) is 9.65. The standard InChI is InChI=1S/C10H15N3O2S/c11-10(13-15)9-6-8(2-3-12-9)7-16-5-1-4-14/h2-3,6,14-15H,1,4-5,7H2,(H2,11,13). The van der Waals surface area contributed by atoms with Crippen LogP contribution in [0.25, 0.3) is 0 Å². The fourth-order valence-electron chi connectivity index (χ4n) is 1.11. The molecular weight excluding hydrogens is 226 g/mol. The summed E-state index contributed by atoms with van der Waals surface area (Å²) in [6.45, 7) is 0.221. The maximum absolute atomic E-state index is 8.63. The number of nitrogens with two attached hydrogens (primary N) is 1. The van der Waals surface area contributed by atoms with Crippen LogP contribution < -0.4 is 5.73 Å². The van der Waals surface area contributed by atoms with E-state index in [-0.39, 0.29) is 12.4 Å². The van der Waals surface area contributed by atoms with Crippen LogP contribution in [0.4, 0.5) is 0 Å². The Balaban J connectivity index is 2.54. The second kappa shape index (κ2) is 7.08. The summed E-state index contributed by atoms with van der Waals surface area (Å²) in [5.41, 5.74) is 6.98. The molecule has 1 aromatic heterocycles. The SMILES string of the molecule is NC(=NO)c1cc(CSCCCO)ccn1. The summed E-state index contributed by atoms with van der Waals surface area (Å²) in [6.07, 6.45) is 2.43. The molecule has 16 heavy (non-hydrogen) atoms. The van der Waals surface area contributed by atoms with Gasteiger partial charge in [-0.1, -0.05) is 5.16 Å². The Hall–Kier alpha value is -1.27. The van der Waals surface area contributed by atoms with E-state index < -0.39 is 0 Å². The number of amidine groups is 1. The third-order valence-electron chi connectivity index (χ3n) is 1.91. The monoisotopic (exact) mass is 241 g/mol. The molecular formula is C10H15N3O2S. The maximum atomic E-state index is 8.63. The van der Waals surface area contributed by atoms with Gasteiger partial charge in [-0.25, -0.2) is 0 Å². The molecule has 0 spiro atoms. The van der Waals surface area contributed by atoms with Crippen molar-refractivity contribution < 1.29 is 10.3 Å². The largest absolute Gasteiger partial charge is 0.409 e. The first-order valence-electron chi connectivity index (χ1n) is 4.89. The van der Waals surface area contributed by atoms with Crippen molar-refractivity contribution in [2.75, 3.05) is 12.4 Å². The molecule has 0 radical (unpaired) electrons. The maximum Gasteiger partial charge on any atom is 0.188 e. The van der Waals surface area contributed by atoms with Crippen LogP contribution in [0.2, 0.25) is 0 Å². The van der Waals surface area contributed by atoms with Crippen LogP contribution in [0, 0.1) is 0 Å². The molecule has 1 heterocycles. The number of aromatic nitrogens is 1. The van der Waals surface area contributed by atoms with E-state index in [0.717, 1.165) is 23.5 Å². The summed E-state index contributed by atoms with van der Waals surface area (Å²) < 4.78 is 0. The molecule has 0 aromatic carbocycles. The van der Waals surface area contributed by atoms with E-state index in [9.17, 15) is 0 Å². The van der Waals surface area contributed by atoms with Gasteiger partial charge in [-0.3, -0.25) is 4.98 Å². The van der Waals surface area contributed by atoms with Crippen molar-refractivity contribution in [3.63, 3.8) is 0 Å². The number of hydrogen-bond acceptors (Lipinski definition) is 5. The van der Waals surface area contributed by atoms with Crippen LogP contribution in [0.1, 0.15) is 17.7 Å². The highest BCUT2D eigenvalue weighted by Gasteiger charge is 2.02. The van der Waals surface area contributed by atoms with Crippen molar-refractivity contribution in [3.05, 3.63) is 29.6 Å². The lowest BCUT2D eigenvalue weighted by Crippen LogP contribution is -2.15. The number of thioether (sulfide) groups is 1. The van der Waals surface area contributed by atoms with Gasteiger partial charge in [0.15, 0.2) is 5.84 Å². The second-order valence-electron chi connectivity index (χ2n) is 3.16. The number of nitrogens with zero attached hydrogens (tertiary/aromatic N) is 2. The Kier molecular flexibility index (Phi) is 5.66. The van der Waals surface area contributed by atoms with E-state index in [2.05, 4.69) is 10.1 Å². The van der Waals surface area contributed by atoms with Gasteiger partial charge in [0.05, 0.1) is 0 Å². The van der Waals surface area contributed by atoms with Gasteiger partial charge in [0.1, 0.15) is 5.69 Å². The minimum atomic E-state index is 0.0159. The van der Waals surface area contributed by atoms with Crippen molar-refractivity contribution in [1.29, 1.82) is 0 Å². The van der Waals surface area contributed by atoms with E-state index in [1.54, 1.807) is 24.0 Å². The quantitative estimate of drug-likeness (QED) is 0.225. The lowest BCUT2D eigenvalue weighted by atomic mass is 10.2. The first kappa shape index (κ1) is 12.8. The van der Waals surface area contributed by atoms with Crippen molar-refractivity contribution >= 4 is 17.6 Å². The third kappa shape index (κ3) is 4.08. The van der Waals surface area contributed by atoms with Crippen molar-refractivity contribution in [1.82, 2.24) is 4.98 Å². The van der Waals surface area contributed by atoms with Crippen LogP contribution in [-0.4, -0.2) is 33.5 Å². The highest BCUT2D eigenvalue weighted by Crippen LogP contribution is 2.13. The van der Waals surface area contributed by atoms with E-state index in [0.29, 0.717) is 5.69 Å². The van der Waals surface area contributed by atoms with Crippen LogP contribution >= 0.6 is 11.8 Å². The second-order valence-corrected chi connectivity index (χ2v) is 4.27. The Morgan fingerprint density at radius 2 is 2.38 bits per heavy atom. The van der Waals surface area contributed by atoms with Gasteiger partial charge in [0, 0.05) is 18.6 Å². The van der Waals surface area contributed by atoms with E-state index >= 15 is 0 Å². The molecule has 0 atom stereocenters. The zero-order valence-electron chi connectivity index (χ0n) is 8.83. The van der Waals surface area contributed by atoms with Gasteiger partial charge < -0.3 is 16.0 Å². The molecule has 0 saturated carbocycles. The summed E-state index contributed by atoms with van der Waals surface area (Å²) >= 11 is 1.73. The summed E-state index contributed by atoms with van der Waals surface area (Å²) in [5, 5.41) is 20.0. The first-order valence-corrected chi connectivity index (χ1v) is 6.05. The number of aliphatic hydroxyl groups is 1. The third-order valence-corrected chi connectivity index (χ3v) is 3.02. The molecule has 0 fully saturated rings. The van der Waals surface area contributed by atoms with Crippen LogP contribution in [0.5, 0.6) is 0 Å². The predicted octanol–water partition coefficient (Wildman–Crippen LogP) is 0.792. The average molecular weight is 241 g/mol. The summed E-state index contributed by atoms with van der Waals surface area (Å²) in [4.78, 5) is 3.99. The number of aliphatic hydroxyl groups excluding tert-OH is 1. The van der Waals surface area contributed by atoms with Crippen molar-refractivity contribution in [2.24, 2.45) is 10.9 Å². The minimum Gasteiger partial charge on any atom is -0.409 e. The summed E-state index contributed by atoms with van der Waals surface area (Å²) in [5.74, 6) is 1.76. The fraction of sp³-hybridized carbons (Fsp3) is 0.400. The predicted molar refractivity (Wildman–Crippen MR) is 64.6 cm³/mol. The normalized spacial score (nSPS) is 11.7. The molecule has 0 unspecified atom stereocenters. The molecule has 0 aliphatic heterocycles. The Morgan fingerprint density at radius 3 is 3.06 bits per heavy atom. The molecule has 6 heteroatoms. The smallest absolute Gasteiger partial charge is 0.188 e. The molecule has 0 amide bonds. The molecule has 1 aromatic rings. The van der Waals surface area contributed by atoms with Crippen molar-refractivity contribution in [3.8, 4) is 0 Å². The number of pyridine rings is 1. The molecule has 0 bridgehead atoms. The van der Waals surface area contributed by atoms with Crippen LogP contribution in [0.3, 0.4) is 0 Å². The Labute approximate surface area is 98.4 Å². The zero-order chi connectivity index (χ0) is 11.8. The molecule has 0 aliphatic rings. The van der Waals surface area contributed by atoms with Crippen molar-refractivity contribution in [2.45, 2.75) is 12.2 Å². The van der Waals surface area contributed by atoms with E-state index in [1.165, 1.54) is 0 Å². The highest BCUT2D eigenvalue weighted by atomic mass is 32.2. The first-order chi connectivity index (χ1) is 7.77. The number of rotatable bonds is 6. The molecule has 0 aliphatic carbocycles. The van der Waals surface area contributed by atoms with E-state index in [1.807, 2.05) is 6.07 Å². The molecule has 1 rings (SSSR count). The van der Waals surface area contributed by atoms with Gasteiger partial charge in [-0.05, 0) is 29.9 Å². The van der Waals surface area contributed by atoms with Gasteiger partial charge in [-0.2, -0.15) is 11.8 Å². The summed E-state index contributed by atoms with van der Waals surface area (Å²) in [6, 6.07) is 3.68. The summed E-state index contributed by atoms with van der Waals surface area (Å²) in [7, 11) is 0. The number of hydrogen-bond donors (Lipinski definition) is 3. The molecule has 4 N–H and O–H groups in total. The van der Waals surface area contributed by atoms with Crippen LogP contribution in [0.15, 0.2) is 23.5 Å². The van der Waals surface area contributed by atoms with Gasteiger partial charge in [0.2, 0.25) is 0 Å². The van der Waals surface area contributed by atoms with Gasteiger partial charge in [0.25, 0.3) is 0 Å². The highest BCUT2D eigenvalue weighted by molar-refractivity contribution is 7.98.